The molecule has 0 aliphatic heterocycles. The molecule has 1 aromatic carbocycles. The molecule has 70 valence electrons. The van der Waals surface area contributed by atoms with E-state index in [0.717, 1.165) is 3.57 Å². The van der Waals surface area contributed by atoms with Crippen molar-refractivity contribution in [2.75, 3.05) is 5.88 Å². The molecule has 0 aromatic heterocycles. The summed E-state index contributed by atoms with van der Waals surface area (Å²) in [6.07, 6.45) is 0.251. The summed E-state index contributed by atoms with van der Waals surface area (Å²) in [4.78, 5) is 11.3. The topological polar surface area (TPSA) is 17.1 Å². The van der Waals surface area contributed by atoms with Crippen LogP contribution < -0.4 is 0 Å². The molecule has 4 heteroatoms. The zero-order chi connectivity index (χ0) is 9.84. The molecule has 0 N–H and O–H groups in total. The molecule has 0 saturated carbocycles. The quantitative estimate of drug-likeness (QED) is 0.476. The lowest BCUT2D eigenvalue weighted by Crippen LogP contribution is -2.00. The van der Waals surface area contributed by atoms with Crippen molar-refractivity contribution in [2.45, 2.75) is 6.42 Å². The van der Waals surface area contributed by atoms with Crippen LogP contribution in [0.15, 0.2) is 18.2 Å². The van der Waals surface area contributed by atoms with Crippen LogP contribution in [0.25, 0.3) is 0 Å². The lowest BCUT2D eigenvalue weighted by molar-refractivity contribution is 0.0988. The molecule has 0 atom stereocenters. The standard InChI is InChI=1S/C9H7ClFIO/c10-2-1-9(13)6-3-7(11)5-8(12)4-6/h3-5H,1-2H2. The van der Waals surface area contributed by atoms with Gasteiger partial charge in [-0.3, -0.25) is 4.79 Å². The van der Waals surface area contributed by atoms with Crippen LogP contribution >= 0.6 is 34.2 Å². The SMILES string of the molecule is O=C(CCCl)c1cc(F)cc(I)c1. The summed E-state index contributed by atoms with van der Waals surface area (Å²) in [6.45, 7) is 0. The van der Waals surface area contributed by atoms with E-state index in [4.69, 9.17) is 11.6 Å². The van der Waals surface area contributed by atoms with Crippen molar-refractivity contribution < 1.29 is 9.18 Å². The van der Waals surface area contributed by atoms with Gasteiger partial charge in [-0.1, -0.05) is 0 Å². The van der Waals surface area contributed by atoms with Gasteiger partial charge in [-0.2, -0.15) is 0 Å². The Morgan fingerprint density at radius 1 is 1.46 bits per heavy atom. The highest BCUT2D eigenvalue weighted by atomic mass is 127. The third kappa shape index (κ3) is 3.23. The molecular formula is C9H7ClFIO. The minimum Gasteiger partial charge on any atom is -0.294 e. The van der Waals surface area contributed by atoms with Gasteiger partial charge in [0.2, 0.25) is 0 Å². The van der Waals surface area contributed by atoms with Crippen LogP contribution in [0.4, 0.5) is 4.39 Å². The van der Waals surface area contributed by atoms with E-state index >= 15 is 0 Å². The van der Waals surface area contributed by atoms with Gasteiger partial charge in [0.1, 0.15) is 5.82 Å². The highest BCUT2D eigenvalue weighted by Gasteiger charge is 2.07. The number of hydrogen-bond donors (Lipinski definition) is 0. The first-order chi connectivity index (χ1) is 6.13. The molecule has 0 aliphatic carbocycles. The minimum atomic E-state index is -0.384. The second kappa shape index (κ2) is 4.91. The van der Waals surface area contributed by atoms with Gasteiger partial charge in [-0.15, -0.1) is 11.6 Å². The van der Waals surface area contributed by atoms with Crippen molar-refractivity contribution in [2.24, 2.45) is 0 Å². The largest absolute Gasteiger partial charge is 0.294 e. The Labute approximate surface area is 94.4 Å². The number of carbonyl (C=O) groups excluding carboxylic acids is 1. The maximum atomic E-state index is 12.8. The predicted molar refractivity (Wildman–Crippen MR) is 58.8 cm³/mol. The number of Topliss-reactive ketones (excluding diaryl/α,β-unsaturated/α-hetero) is 1. The van der Waals surface area contributed by atoms with Gasteiger partial charge < -0.3 is 0 Å². The Hall–Kier alpha value is -0.160. The zero-order valence-electron chi connectivity index (χ0n) is 6.69. The van der Waals surface area contributed by atoms with E-state index in [-0.39, 0.29) is 23.9 Å². The first-order valence-corrected chi connectivity index (χ1v) is 5.30. The third-order valence-corrected chi connectivity index (χ3v) is 2.32. The summed E-state index contributed by atoms with van der Waals surface area (Å²) in [6, 6.07) is 4.26. The number of carbonyl (C=O) groups is 1. The third-order valence-electron chi connectivity index (χ3n) is 1.51. The Balaban J connectivity index is 2.94. The van der Waals surface area contributed by atoms with Crippen molar-refractivity contribution in [3.05, 3.63) is 33.1 Å². The summed E-state index contributed by atoms with van der Waals surface area (Å²) in [5.74, 6) is -0.233. The van der Waals surface area contributed by atoms with E-state index in [2.05, 4.69) is 0 Å². The van der Waals surface area contributed by atoms with Gasteiger partial charge in [0.15, 0.2) is 5.78 Å². The van der Waals surface area contributed by atoms with Crippen molar-refractivity contribution >= 4 is 40.0 Å². The molecule has 0 amide bonds. The first-order valence-electron chi connectivity index (χ1n) is 3.68. The molecule has 0 spiro atoms. The number of hydrogen-bond acceptors (Lipinski definition) is 1. The lowest BCUT2D eigenvalue weighted by atomic mass is 10.1. The Morgan fingerprint density at radius 3 is 2.69 bits per heavy atom. The van der Waals surface area contributed by atoms with E-state index in [1.165, 1.54) is 12.1 Å². The van der Waals surface area contributed by atoms with Gasteiger partial charge in [0.05, 0.1) is 0 Å². The second-order valence-electron chi connectivity index (χ2n) is 2.52. The monoisotopic (exact) mass is 312 g/mol. The average Bonchev–Trinajstić information content (AvgIpc) is 2.03. The van der Waals surface area contributed by atoms with E-state index in [0.29, 0.717) is 5.56 Å². The highest BCUT2D eigenvalue weighted by Crippen LogP contribution is 2.13. The van der Waals surface area contributed by atoms with Crippen LogP contribution in [-0.4, -0.2) is 11.7 Å². The van der Waals surface area contributed by atoms with E-state index in [1.54, 1.807) is 6.07 Å². The molecule has 0 unspecified atom stereocenters. The molecule has 13 heavy (non-hydrogen) atoms. The van der Waals surface area contributed by atoms with E-state index in [9.17, 15) is 9.18 Å². The van der Waals surface area contributed by atoms with Gasteiger partial charge in [0, 0.05) is 21.4 Å². The maximum Gasteiger partial charge on any atom is 0.164 e. The van der Waals surface area contributed by atoms with Crippen molar-refractivity contribution in [3.8, 4) is 0 Å². The van der Waals surface area contributed by atoms with Gasteiger partial charge in [-0.05, 0) is 40.8 Å². The molecule has 0 fully saturated rings. The number of benzene rings is 1. The van der Waals surface area contributed by atoms with Gasteiger partial charge in [0.25, 0.3) is 0 Å². The van der Waals surface area contributed by atoms with Crippen LogP contribution in [0, 0.1) is 9.39 Å². The molecule has 0 saturated heterocycles. The van der Waals surface area contributed by atoms with Gasteiger partial charge >= 0.3 is 0 Å². The molecule has 0 bridgehead atoms. The van der Waals surface area contributed by atoms with Crippen LogP contribution in [0.1, 0.15) is 16.8 Å². The summed E-state index contributed by atoms with van der Waals surface area (Å²) < 4.78 is 13.6. The number of ketones is 1. The van der Waals surface area contributed by atoms with Crippen LogP contribution in [-0.2, 0) is 0 Å². The first kappa shape index (κ1) is 10.9. The Kier molecular flexibility index (Phi) is 4.12. The van der Waals surface area contributed by atoms with E-state index in [1.807, 2.05) is 22.6 Å². The minimum absolute atomic E-state index is 0.118. The highest BCUT2D eigenvalue weighted by molar-refractivity contribution is 14.1. The van der Waals surface area contributed by atoms with E-state index < -0.39 is 0 Å². The summed E-state index contributed by atoms with van der Waals surface area (Å²) in [5, 5.41) is 0. The molecule has 1 rings (SSSR count). The average molecular weight is 313 g/mol. The fourth-order valence-corrected chi connectivity index (χ4v) is 1.75. The molecule has 1 aromatic rings. The Morgan fingerprint density at radius 2 is 2.15 bits per heavy atom. The lowest BCUT2D eigenvalue weighted by Gasteiger charge is -1.99. The summed E-state index contributed by atoms with van der Waals surface area (Å²) in [5.41, 5.74) is 0.394. The maximum absolute atomic E-state index is 12.8. The molecule has 0 aliphatic rings. The smallest absolute Gasteiger partial charge is 0.164 e. The number of rotatable bonds is 3. The number of alkyl halides is 1. The fourth-order valence-electron chi connectivity index (χ4n) is 0.945. The predicted octanol–water partition coefficient (Wildman–Crippen LogP) is 3.24. The van der Waals surface area contributed by atoms with Crippen LogP contribution in [0.3, 0.4) is 0 Å². The molecule has 1 nitrogen and oxygen atoms in total. The normalized spacial score (nSPS) is 10.1. The molecular weight excluding hydrogens is 305 g/mol. The van der Waals surface area contributed by atoms with Crippen molar-refractivity contribution in [3.63, 3.8) is 0 Å². The van der Waals surface area contributed by atoms with Crippen molar-refractivity contribution in [1.29, 1.82) is 0 Å². The van der Waals surface area contributed by atoms with Crippen LogP contribution in [0.5, 0.6) is 0 Å². The van der Waals surface area contributed by atoms with Crippen molar-refractivity contribution in [1.82, 2.24) is 0 Å². The molecule has 0 radical (unpaired) electrons. The van der Waals surface area contributed by atoms with Crippen LogP contribution in [0.2, 0.25) is 0 Å². The number of halogens is 3. The summed E-state index contributed by atoms with van der Waals surface area (Å²) >= 11 is 7.38. The summed E-state index contributed by atoms with van der Waals surface area (Å²) in [7, 11) is 0. The van der Waals surface area contributed by atoms with Gasteiger partial charge in [-0.25, -0.2) is 4.39 Å². The zero-order valence-corrected chi connectivity index (χ0v) is 9.60. The molecule has 0 heterocycles. The second-order valence-corrected chi connectivity index (χ2v) is 4.14. The Bertz CT molecular complexity index is 307. The fraction of sp³-hybridized carbons (Fsp3) is 0.222.